The highest BCUT2D eigenvalue weighted by Gasteiger charge is 2.30. The Morgan fingerprint density at radius 2 is 2.24 bits per heavy atom. The molecule has 0 saturated carbocycles. The van der Waals surface area contributed by atoms with E-state index in [1.165, 1.54) is 11.1 Å². The van der Waals surface area contributed by atoms with E-state index in [0.29, 0.717) is 12.1 Å². The molecule has 17 heavy (non-hydrogen) atoms. The minimum absolute atomic E-state index is 0.513. The third-order valence-electron chi connectivity index (χ3n) is 3.89. The molecular formula is C14H20N2O. The molecule has 1 aromatic carbocycles. The second kappa shape index (κ2) is 4.77. The lowest BCUT2D eigenvalue weighted by atomic mass is 9.94. The third-order valence-corrected chi connectivity index (χ3v) is 3.89. The zero-order valence-electron chi connectivity index (χ0n) is 10.4. The summed E-state index contributed by atoms with van der Waals surface area (Å²) in [6.07, 6.45) is 0. The smallest absolute Gasteiger partial charge is 0.0620 e. The van der Waals surface area contributed by atoms with Crippen molar-refractivity contribution >= 4 is 0 Å². The number of hydrogen-bond donors (Lipinski definition) is 1. The summed E-state index contributed by atoms with van der Waals surface area (Å²) < 4.78 is 5.53. The van der Waals surface area contributed by atoms with Gasteiger partial charge in [-0.05, 0) is 18.1 Å². The first kappa shape index (κ1) is 11.2. The number of fused-ring (bicyclic) bond motifs is 1. The van der Waals surface area contributed by atoms with Crippen molar-refractivity contribution in [1.29, 1.82) is 0 Å². The zero-order chi connectivity index (χ0) is 11.7. The SMILES string of the molecule is CC1COCCN1C1CNCc2ccccc21. The normalized spacial score (nSPS) is 29.9. The Bertz CT molecular complexity index is 394. The predicted molar refractivity (Wildman–Crippen MR) is 67.9 cm³/mol. The van der Waals surface area contributed by atoms with Crippen molar-refractivity contribution in [2.24, 2.45) is 0 Å². The fraction of sp³-hybridized carbons (Fsp3) is 0.571. The number of rotatable bonds is 1. The maximum Gasteiger partial charge on any atom is 0.0620 e. The van der Waals surface area contributed by atoms with Crippen LogP contribution in [-0.4, -0.2) is 37.2 Å². The van der Waals surface area contributed by atoms with E-state index in [-0.39, 0.29) is 0 Å². The van der Waals surface area contributed by atoms with Gasteiger partial charge in [-0.25, -0.2) is 0 Å². The number of nitrogens with zero attached hydrogens (tertiary/aromatic N) is 1. The van der Waals surface area contributed by atoms with Crippen molar-refractivity contribution in [2.45, 2.75) is 25.6 Å². The topological polar surface area (TPSA) is 24.5 Å². The van der Waals surface area contributed by atoms with Crippen molar-refractivity contribution in [3.8, 4) is 0 Å². The van der Waals surface area contributed by atoms with Gasteiger partial charge in [0.15, 0.2) is 0 Å². The van der Waals surface area contributed by atoms with Gasteiger partial charge in [-0.3, -0.25) is 4.90 Å². The molecule has 2 aliphatic heterocycles. The molecule has 2 aliphatic rings. The number of benzene rings is 1. The summed E-state index contributed by atoms with van der Waals surface area (Å²) in [5, 5.41) is 3.53. The second-order valence-corrected chi connectivity index (χ2v) is 5.01. The number of morpholine rings is 1. The average Bonchev–Trinajstić information content (AvgIpc) is 2.39. The van der Waals surface area contributed by atoms with Crippen molar-refractivity contribution in [3.05, 3.63) is 35.4 Å². The Balaban J connectivity index is 1.89. The van der Waals surface area contributed by atoms with Gasteiger partial charge in [0, 0.05) is 31.7 Å². The van der Waals surface area contributed by atoms with E-state index in [9.17, 15) is 0 Å². The average molecular weight is 232 g/mol. The van der Waals surface area contributed by atoms with Gasteiger partial charge in [0.1, 0.15) is 0 Å². The van der Waals surface area contributed by atoms with E-state index in [1.807, 2.05) is 0 Å². The second-order valence-electron chi connectivity index (χ2n) is 5.01. The molecule has 3 rings (SSSR count). The number of ether oxygens (including phenoxy) is 1. The van der Waals surface area contributed by atoms with Gasteiger partial charge in [0.05, 0.1) is 13.2 Å². The molecule has 0 spiro atoms. The molecule has 2 heterocycles. The number of nitrogens with one attached hydrogen (secondary N) is 1. The van der Waals surface area contributed by atoms with Gasteiger partial charge in [-0.1, -0.05) is 24.3 Å². The summed E-state index contributed by atoms with van der Waals surface area (Å²) in [6, 6.07) is 9.83. The van der Waals surface area contributed by atoms with Crippen molar-refractivity contribution in [2.75, 3.05) is 26.3 Å². The van der Waals surface area contributed by atoms with Crippen LogP contribution >= 0.6 is 0 Å². The van der Waals surface area contributed by atoms with Crippen LogP contribution in [0.3, 0.4) is 0 Å². The summed E-state index contributed by atoms with van der Waals surface area (Å²) in [4.78, 5) is 2.58. The minimum atomic E-state index is 0.513. The molecule has 2 unspecified atom stereocenters. The van der Waals surface area contributed by atoms with Crippen LogP contribution in [0.15, 0.2) is 24.3 Å². The van der Waals surface area contributed by atoms with Crippen LogP contribution in [0.5, 0.6) is 0 Å². The molecule has 0 aromatic heterocycles. The summed E-state index contributed by atoms with van der Waals surface area (Å²) in [6.45, 7) is 7.09. The number of hydrogen-bond acceptors (Lipinski definition) is 3. The van der Waals surface area contributed by atoms with Gasteiger partial charge in [-0.2, -0.15) is 0 Å². The van der Waals surface area contributed by atoms with Crippen LogP contribution in [0.1, 0.15) is 24.1 Å². The lowest BCUT2D eigenvalue weighted by Gasteiger charge is -2.42. The summed E-state index contributed by atoms with van der Waals surface area (Å²) >= 11 is 0. The Kier molecular flexibility index (Phi) is 3.14. The Labute approximate surface area is 103 Å². The fourth-order valence-electron chi connectivity index (χ4n) is 2.97. The van der Waals surface area contributed by atoms with Crippen LogP contribution in [0.4, 0.5) is 0 Å². The highest BCUT2D eigenvalue weighted by molar-refractivity contribution is 5.32. The molecule has 0 radical (unpaired) electrons. The lowest BCUT2D eigenvalue weighted by Crippen LogP contribution is -2.49. The first-order valence-corrected chi connectivity index (χ1v) is 6.48. The van der Waals surface area contributed by atoms with E-state index >= 15 is 0 Å². The van der Waals surface area contributed by atoms with Gasteiger partial charge in [0.25, 0.3) is 0 Å². The molecular weight excluding hydrogens is 212 g/mol. The summed E-state index contributed by atoms with van der Waals surface area (Å²) in [7, 11) is 0. The lowest BCUT2D eigenvalue weighted by molar-refractivity contribution is -0.0239. The van der Waals surface area contributed by atoms with E-state index in [1.54, 1.807) is 0 Å². The molecule has 2 atom stereocenters. The van der Waals surface area contributed by atoms with E-state index in [2.05, 4.69) is 41.4 Å². The van der Waals surface area contributed by atoms with Crippen molar-refractivity contribution < 1.29 is 4.74 Å². The van der Waals surface area contributed by atoms with E-state index in [0.717, 1.165) is 32.8 Å². The molecule has 1 N–H and O–H groups in total. The first-order valence-electron chi connectivity index (χ1n) is 6.48. The van der Waals surface area contributed by atoms with Crippen LogP contribution in [0.25, 0.3) is 0 Å². The molecule has 3 heteroatoms. The third kappa shape index (κ3) is 2.10. The van der Waals surface area contributed by atoms with E-state index in [4.69, 9.17) is 4.74 Å². The van der Waals surface area contributed by atoms with Gasteiger partial charge in [0.2, 0.25) is 0 Å². The Morgan fingerprint density at radius 1 is 1.35 bits per heavy atom. The minimum Gasteiger partial charge on any atom is -0.379 e. The van der Waals surface area contributed by atoms with Gasteiger partial charge in [-0.15, -0.1) is 0 Å². The van der Waals surface area contributed by atoms with Crippen molar-refractivity contribution in [3.63, 3.8) is 0 Å². The molecule has 0 amide bonds. The molecule has 92 valence electrons. The summed E-state index contributed by atoms with van der Waals surface area (Å²) in [5.74, 6) is 0. The first-order chi connectivity index (χ1) is 8.36. The van der Waals surface area contributed by atoms with Crippen LogP contribution in [-0.2, 0) is 11.3 Å². The molecule has 1 aromatic rings. The maximum absolute atomic E-state index is 5.53. The maximum atomic E-state index is 5.53. The van der Waals surface area contributed by atoms with Gasteiger partial charge >= 0.3 is 0 Å². The predicted octanol–water partition coefficient (Wildman–Crippen LogP) is 1.55. The Hall–Kier alpha value is -0.900. The molecule has 1 saturated heterocycles. The standard InChI is InChI=1S/C14H20N2O/c1-11-10-17-7-6-16(11)14-9-15-8-12-4-2-3-5-13(12)14/h2-5,11,14-15H,6-10H2,1H3. The summed E-state index contributed by atoms with van der Waals surface area (Å²) in [5.41, 5.74) is 2.95. The largest absolute Gasteiger partial charge is 0.379 e. The van der Waals surface area contributed by atoms with Crippen LogP contribution < -0.4 is 5.32 Å². The molecule has 0 aliphatic carbocycles. The van der Waals surface area contributed by atoms with Crippen LogP contribution in [0, 0.1) is 0 Å². The van der Waals surface area contributed by atoms with Gasteiger partial charge < -0.3 is 10.1 Å². The molecule has 0 bridgehead atoms. The molecule has 1 fully saturated rings. The quantitative estimate of drug-likeness (QED) is 0.795. The van der Waals surface area contributed by atoms with Crippen LogP contribution in [0.2, 0.25) is 0 Å². The molecule has 3 nitrogen and oxygen atoms in total. The monoisotopic (exact) mass is 232 g/mol. The van der Waals surface area contributed by atoms with E-state index < -0.39 is 0 Å². The zero-order valence-corrected chi connectivity index (χ0v) is 10.4. The highest BCUT2D eigenvalue weighted by Crippen LogP contribution is 2.29. The Morgan fingerprint density at radius 3 is 3.12 bits per heavy atom. The van der Waals surface area contributed by atoms with Crippen molar-refractivity contribution in [1.82, 2.24) is 10.2 Å². The fourth-order valence-corrected chi connectivity index (χ4v) is 2.97. The highest BCUT2D eigenvalue weighted by atomic mass is 16.5.